The monoisotopic (exact) mass is 534 g/mol. The van der Waals surface area contributed by atoms with Crippen molar-refractivity contribution in [1.82, 2.24) is 0 Å². The van der Waals surface area contributed by atoms with Crippen molar-refractivity contribution in [3.05, 3.63) is 96.1 Å². The lowest BCUT2D eigenvalue weighted by molar-refractivity contribution is -0.119. The van der Waals surface area contributed by atoms with Crippen LogP contribution in [0.2, 0.25) is 0 Å². The first kappa shape index (κ1) is 28.9. The fourth-order valence-electron chi connectivity index (χ4n) is 4.07. The van der Waals surface area contributed by atoms with Gasteiger partial charge in [-0.3, -0.25) is 10.2 Å². The molecule has 0 aliphatic heterocycles. The molecule has 200 valence electrons. The lowest BCUT2D eigenvalue weighted by Gasteiger charge is -2.28. The summed E-state index contributed by atoms with van der Waals surface area (Å²) in [5.74, 6) is 0.779. The molecular formula is C30H35N2O5P. The van der Waals surface area contributed by atoms with Gasteiger partial charge in [-0.25, -0.2) is 4.57 Å². The molecule has 0 aliphatic carbocycles. The molecule has 38 heavy (non-hydrogen) atoms. The number of amidine groups is 1. The van der Waals surface area contributed by atoms with Gasteiger partial charge < -0.3 is 19.6 Å². The Hall–Kier alpha value is -3.70. The maximum absolute atomic E-state index is 14.6. The first-order valence-corrected chi connectivity index (χ1v) is 14.4. The minimum atomic E-state index is -3.99. The van der Waals surface area contributed by atoms with E-state index in [0.29, 0.717) is 41.9 Å². The average Bonchev–Trinajstić information content (AvgIpc) is 2.90. The van der Waals surface area contributed by atoms with Gasteiger partial charge in [-0.2, -0.15) is 0 Å². The summed E-state index contributed by atoms with van der Waals surface area (Å²) in [4.78, 5) is 24.3. The van der Waals surface area contributed by atoms with Crippen molar-refractivity contribution < 1.29 is 23.2 Å². The molecule has 7 nitrogen and oxygen atoms in total. The molecule has 3 N–H and O–H groups in total. The number of rotatable bonds is 16. The minimum absolute atomic E-state index is 0.0379. The number of nitrogens with one attached hydrogen (secondary N) is 1. The van der Waals surface area contributed by atoms with E-state index < -0.39 is 13.3 Å². The third-order valence-electron chi connectivity index (χ3n) is 6.10. The van der Waals surface area contributed by atoms with Crippen LogP contribution < -0.4 is 14.8 Å². The van der Waals surface area contributed by atoms with Crippen molar-refractivity contribution in [2.24, 2.45) is 5.73 Å². The summed E-state index contributed by atoms with van der Waals surface area (Å²) in [5, 5.41) is 7.69. The number of nitrogen functional groups attached to an aromatic ring is 1. The molecule has 0 aliphatic rings. The molecular weight excluding hydrogens is 499 g/mol. The molecule has 0 spiro atoms. The zero-order valence-electron chi connectivity index (χ0n) is 21.7. The molecule has 0 fully saturated rings. The van der Waals surface area contributed by atoms with E-state index in [9.17, 15) is 14.2 Å². The van der Waals surface area contributed by atoms with Gasteiger partial charge in [-0.1, -0.05) is 73.5 Å². The number of unbranched alkanes of at least 4 members (excludes halogenated alkanes) is 3. The van der Waals surface area contributed by atoms with Crippen molar-refractivity contribution in [1.29, 1.82) is 5.41 Å². The summed E-state index contributed by atoms with van der Waals surface area (Å²) < 4.78 is 26.7. The van der Waals surface area contributed by atoms with Gasteiger partial charge in [0.15, 0.2) is 0 Å². The van der Waals surface area contributed by atoms with E-state index >= 15 is 0 Å². The van der Waals surface area contributed by atoms with E-state index in [-0.39, 0.29) is 23.8 Å². The van der Waals surface area contributed by atoms with Gasteiger partial charge in [0.05, 0.1) is 0 Å². The first-order chi connectivity index (χ1) is 18.3. The van der Waals surface area contributed by atoms with Crippen LogP contribution in [-0.4, -0.2) is 17.4 Å². The summed E-state index contributed by atoms with van der Waals surface area (Å²) >= 11 is 0. The molecule has 3 rings (SSSR count). The molecule has 0 amide bonds. The largest absolute Gasteiger partial charge is 0.438 e. The number of para-hydroxylation sites is 2. The second kappa shape index (κ2) is 14.3. The van der Waals surface area contributed by atoms with E-state index in [4.69, 9.17) is 20.2 Å². The van der Waals surface area contributed by atoms with Gasteiger partial charge >= 0.3 is 7.60 Å². The predicted molar refractivity (Wildman–Crippen MR) is 150 cm³/mol. The minimum Gasteiger partial charge on any atom is -0.416 e. The van der Waals surface area contributed by atoms with Gasteiger partial charge in [-0.15, -0.1) is 0 Å². The van der Waals surface area contributed by atoms with Crippen LogP contribution in [0.5, 0.6) is 11.5 Å². The number of nitrogens with two attached hydrogens (primary N) is 1. The van der Waals surface area contributed by atoms with Crippen LogP contribution >= 0.6 is 7.60 Å². The van der Waals surface area contributed by atoms with Gasteiger partial charge in [0.25, 0.3) is 0 Å². The number of hydrogen-bond acceptors (Lipinski definition) is 6. The van der Waals surface area contributed by atoms with Crippen molar-refractivity contribution in [3.63, 3.8) is 0 Å². The quantitative estimate of drug-likeness (QED) is 0.0864. The summed E-state index contributed by atoms with van der Waals surface area (Å²) in [5.41, 5.74) is 5.86. The summed E-state index contributed by atoms with van der Waals surface area (Å²) in [6, 6.07) is 24.3. The molecule has 0 radical (unpaired) electrons. The van der Waals surface area contributed by atoms with Crippen LogP contribution in [0.3, 0.4) is 0 Å². The van der Waals surface area contributed by atoms with Gasteiger partial charge in [0.2, 0.25) is 0 Å². The Morgan fingerprint density at radius 3 is 1.76 bits per heavy atom. The zero-order chi connectivity index (χ0) is 27.4. The molecule has 8 heteroatoms. The third-order valence-corrected chi connectivity index (χ3v) is 8.27. The van der Waals surface area contributed by atoms with Gasteiger partial charge in [0, 0.05) is 24.8 Å². The molecule has 0 saturated carbocycles. The normalized spacial score (nSPS) is 11.9. The SMILES string of the molecule is CC(=O)CCCCCCC(=O)CC(c1ccc(C(=N)N)cc1)P(=O)(Oc1ccccc1)Oc1ccccc1. The summed E-state index contributed by atoms with van der Waals surface area (Å²) in [6.45, 7) is 1.58. The molecule has 0 heterocycles. The van der Waals surface area contributed by atoms with Crippen molar-refractivity contribution >= 4 is 25.0 Å². The average molecular weight is 535 g/mol. The molecule has 0 bridgehead atoms. The second-order valence-corrected chi connectivity index (χ2v) is 11.3. The van der Waals surface area contributed by atoms with Crippen LogP contribution in [0.25, 0.3) is 0 Å². The lowest BCUT2D eigenvalue weighted by Crippen LogP contribution is -2.16. The summed E-state index contributed by atoms with van der Waals surface area (Å²) in [7, 11) is -3.99. The van der Waals surface area contributed by atoms with Crippen LogP contribution in [-0.2, 0) is 14.2 Å². The van der Waals surface area contributed by atoms with Crippen LogP contribution in [0.4, 0.5) is 0 Å². The highest BCUT2D eigenvalue weighted by Crippen LogP contribution is 2.61. The van der Waals surface area contributed by atoms with E-state index in [0.717, 1.165) is 19.3 Å². The summed E-state index contributed by atoms with van der Waals surface area (Å²) in [6.07, 6.45) is 4.09. The molecule has 3 aromatic rings. The van der Waals surface area contributed by atoms with Crippen LogP contribution in [0.1, 0.15) is 68.7 Å². The highest BCUT2D eigenvalue weighted by Gasteiger charge is 2.41. The smallest absolute Gasteiger partial charge is 0.416 e. The number of carbonyl (C=O) groups excluding carboxylic acids is 2. The predicted octanol–water partition coefficient (Wildman–Crippen LogP) is 7.25. The highest BCUT2D eigenvalue weighted by atomic mass is 31.2. The maximum Gasteiger partial charge on any atom is 0.438 e. The first-order valence-electron chi connectivity index (χ1n) is 12.8. The Morgan fingerprint density at radius 1 is 0.789 bits per heavy atom. The van der Waals surface area contributed by atoms with Crippen molar-refractivity contribution in [2.75, 3.05) is 0 Å². The van der Waals surface area contributed by atoms with E-state index in [1.165, 1.54) is 0 Å². The van der Waals surface area contributed by atoms with Crippen LogP contribution in [0, 0.1) is 5.41 Å². The Morgan fingerprint density at radius 2 is 1.29 bits per heavy atom. The standard InChI is InChI=1S/C30H35N2O5P/c1-23(33)12-6-2-3-7-13-26(34)22-29(24-18-20-25(21-19-24)30(31)32)38(35,36-27-14-8-4-9-15-27)37-28-16-10-5-11-17-28/h4-5,8-11,14-21,29H,2-3,6-7,12-13,22H2,1H3,(H3,31,32). The Kier molecular flexibility index (Phi) is 10.9. The van der Waals surface area contributed by atoms with Crippen LogP contribution in [0.15, 0.2) is 84.9 Å². The number of benzene rings is 3. The Labute approximate surface area is 224 Å². The highest BCUT2D eigenvalue weighted by molar-refractivity contribution is 7.55. The second-order valence-electron chi connectivity index (χ2n) is 9.26. The lowest BCUT2D eigenvalue weighted by atomic mass is 10.0. The fourth-order valence-corrected chi connectivity index (χ4v) is 6.15. The molecule has 0 aromatic heterocycles. The zero-order valence-corrected chi connectivity index (χ0v) is 22.6. The van der Waals surface area contributed by atoms with Crippen molar-refractivity contribution in [3.8, 4) is 11.5 Å². The number of Topliss-reactive ketones (excluding diaryl/α,β-unsaturated/α-hetero) is 2. The molecule has 1 unspecified atom stereocenters. The number of carbonyl (C=O) groups is 2. The molecule has 3 aromatic carbocycles. The maximum atomic E-state index is 14.6. The molecule has 1 atom stereocenters. The Bertz CT molecular complexity index is 1200. The van der Waals surface area contributed by atoms with E-state index in [2.05, 4.69) is 0 Å². The third kappa shape index (κ3) is 9.00. The van der Waals surface area contributed by atoms with Gasteiger partial charge in [-0.05, 0) is 49.6 Å². The van der Waals surface area contributed by atoms with Gasteiger partial charge in [0.1, 0.15) is 34.6 Å². The van der Waals surface area contributed by atoms with Crippen molar-refractivity contribution in [2.45, 2.75) is 57.5 Å². The van der Waals surface area contributed by atoms with E-state index in [1.807, 2.05) is 12.1 Å². The number of hydrogen-bond donors (Lipinski definition) is 2. The molecule has 0 saturated heterocycles. The fraction of sp³-hybridized carbons (Fsp3) is 0.300. The van der Waals surface area contributed by atoms with E-state index in [1.54, 1.807) is 79.7 Å². The topological polar surface area (TPSA) is 120 Å². The number of ketones is 2. The Balaban J connectivity index is 1.88.